The largest absolute Gasteiger partial charge is 0.433 e. The minimum atomic E-state index is -4.51. The van der Waals surface area contributed by atoms with Gasteiger partial charge >= 0.3 is 12.2 Å². The van der Waals surface area contributed by atoms with E-state index in [9.17, 15) is 18.0 Å². The van der Waals surface area contributed by atoms with Gasteiger partial charge in [0.25, 0.3) is 0 Å². The summed E-state index contributed by atoms with van der Waals surface area (Å²) in [7, 11) is 0. The van der Waals surface area contributed by atoms with E-state index in [-0.39, 0.29) is 11.4 Å². The molecular weight excluding hydrogens is 335 g/mol. The van der Waals surface area contributed by atoms with Crippen LogP contribution in [-0.4, -0.2) is 29.1 Å². The van der Waals surface area contributed by atoms with Gasteiger partial charge in [0.05, 0.1) is 11.4 Å². The first-order chi connectivity index (χ1) is 11.9. The summed E-state index contributed by atoms with van der Waals surface area (Å²) in [5.74, 6) is 0.749. The number of carbonyl (C=O) groups is 1. The number of hydrogen-bond acceptors (Lipinski definition) is 4. The zero-order valence-corrected chi connectivity index (χ0v) is 13.5. The smallest absolute Gasteiger partial charge is 0.370 e. The minimum Gasteiger partial charge on any atom is -0.370 e. The number of halogens is 3. The number of aryl methyl sites for hydroxylation is 1. The number of rotatable bonds is 6. The van der Waals surface area contributed by atoms with E-state index < -0.39 is 17.9 Å². The highest BCUT2D eigenvalue weighted by atomic mass is 19.4. The monoisotopic (exact) mass is 353 g/mol. The van der Waals surface area contributed by atoms with E-state index in [0.717, 1.165) is 11.9 Å². The molecule has 0 aliphatic rings. The average Bonchev–Trinajstić information content (AvgIpc) is 2.56. The molecule has 0 saturated carbocycles. The minimum absolute atomic E-state index is 0.0989. The van der Waals surface area contributed by atoms with Crippen LogP contribution in [0.1, 0.15) is 17.8 Å². The first kappa shape index (κ1) is 18.5. The molecule has 2 aromatic rings. The van der Waals surface area contributed by atoms with Crippen LogP contribution in [0.3, 0.4) is 0 Å². The van der Waals surface area contributed by atoms with Crippen LogP contribution in [0.4, 0.5) is 29.5 Å². The molecular formula is C16H18F3N5O. The van der Waals surface area contributed by atoms with Crippen LogP contribution in [0.15, 0.2) is 36.5 Å². The van der Waals surface area contributed by atoms with E-state index in [1.807, 2.05) is 18.2 Å². The predicted octanol–water partition coefficient (Wildman–Crippen LogP) is 3.43. The fourth-order valence-corrected chi connectivity index (χ4v) is 1.99. The van der Waals surface area contributed by atoms with E-state index in [2.05, 4.69) is 25.9 Å². The number of urea groups is 1. The van der Waals surface area contributed by atoms with Gasteiger partial charge in [-0.25, -0.2) is 14.8 Å². The fraction of sp³-hybridized carbons (Fsp3) is 0.312. The summed E-state index contributed by atoms with van der Waals surface area (Å²) in [4.78, 5) is 19.3. The summed E-state index contributed by atoms with van der Waals surface area (Å²) in [5.41, 5.74) is -0.657. The maximum Gasteiger partial charge on any atom is 0.433 e. The second-order valence-electron chi connectivity index (χ2n) is 5.20. The zero-order valence-electron chi connectivity index (χ0n) is 13.5. The van der Waals surface area contributed by atoms with Crippen molar-refractivity contribution in [2.45, 2.75) is 19.5 Å². The number of nitrogens with one attached hydrogen (secondary N) is 3. The Hall–Kier alpha value is -2.84. The molecule has 2 amide bonds. The fourth-order valence-electron chi connectivity index (χ4n) is 1.99. The van der Waals surface area contributed by atoms with Crippen LogP contribution in [0.5, 0.6) is 0 Å². The molecule has 0 fully saturated rings. The molecule has 0 radical (unpaired) electrons. The number of amides is 2. The van der Waals surface area contributed by atoms with Crippen molar-refractivity contribution in [3.63, 3.8) is 0 Å². The van der Waals surface area contributed by atoms with Gasteiger partial charge in [-0.3, -0.25) is 0 Å². The van der Waals surface area contributed by atoms with Gasteiger partial charge < -0.3 is 16.0 Å². The Balaban J connectivity index is 1.73. The summed E-state index contributed by atoms with van der Waals surface area (Å²) < 4.78 is 37.7. The van der Waals surface area contributed by atoms with Gasteiger partial charge in [0, 0.05) is 19.3 Å². The number of nitrogens with zero attached hydrogens (tertiary/aromatic N) is 2. The van der Waals surface area contributed by atoms with Crippen molar-refractivity contribution in [2.24, 2.45) is 0 Å². The summed E-state index contributed by atoms with van der Waals surface area (Å²) in [5, 5.41) is 8.21. The SMILES string of the molecule is Cc1nc(C(F)(F)F)ccc1NC(=O)NCCCNc1ccccn1. The van der Waals surface area contributed by atoms with Crippen LogP contribution in [-0.2, 0) is 6.18 Å². The van der Waals surface area contributed by atoms with Gasteiger partial charge in [-0.15, -0.1) is 0 Å². The van der Waals surface area contributed by atoms with Crippen LogP contribution in [0, 0.1) is 6.92 Å². The average molecular weight is 353 g/mol. The van der Waals surface area contributed by atoms with Crippen molar-refractivity contribution >= 4 is 17.5 Å². The summed E-state index contributed by atoms with van der Waals surface area (Å²) >= 11 is 0. The van der Waals surface area contributed by atoms with Gasteiger partial charge in [0.15, 0.2) is 0 Å². The number of anilines is 2. The van der Waals surface area contributed by atoms with Crippen molar-refractivity contribution in [1.82, 2.24) is 15.3 Å². The Morgan fingerprint density at radius 1 is 1.16 bits per heavy atom. The lowest BCUT2D eigenvalue weighted by molar-refractivity contribution is -0.141. The zero-order chi connectivity index (χ0) is 18.3. The molecule has 0 spiro atoms. The Morgan fingerprint density at radius 3 is 2.60 bits per heavy atom. The Kier molecular flexibility index (Phi) is 6.15. The predicted molar refractivity (Wildman–Crippen MR) is 88.3 cm³/mol. The molecule has 0 atom stereocenters. The van der Waals surface area contributed by atoms with E-state index in [4.69, 9.17) is 0 Å². The molecule has 0 bridgehead atoms. The van der Waals surface area contributed by atoms with Gasteiger partial charge in [0.1, 0.15) is 11.5 Å². The second kappa shape index (κ2) is 8.32. The van der Waals surface area contributed by atoms with Crippen molar-refractivity contribution in [3.05, 3.63) is 47.9 Å². The Labute approximate surface area is 142 Å². The van der Waals surface area contributed by atoms with E-state index in [1.165, 1.54) is 13.0 Å². The number of hydrogen-bond donors (Lipinski definition) is 3. The molecule has 0 unspecified atom stereocenters. The Bertz CT molecular complexity index is 707. The van der Waals surface area contributed by atoms with E-state index >= 15 is 0 Å². The number of alkyl halides is 3. The second-order valence-corrected chi connectivity index (χ2v) is 5.20. The third-order valence-corrected chi connectivity index (χ3v) is 3.23. The molecule has 2 heterocycles. The highest BCUT2D eigenvalue weighted by Crippen LogP contribution is 2.29. The molecule has 0 aromatic carbocycles. The molecule has 25 heavy (non-hydrogen) atoms. The van der Waals surface area contributed by atoms with Crippen LogP contribution in [0.25, 0.3) is 0 Å². The third-order valence-electron chi connectivity index (χ3n) is 3.23. The molecule has 2 rings (SSSR count). The molecule has 134 valence electrons. The van der Waals surface area contributed by atoms with Crippen LogP contribution in [0.2, 0.25) is 0 Å². The molecule has 6 nitrogen and oxygen atoms in total. The molecule has 0 aliphatic carbocycles. The molecule has 0 saturated heterocycles. The third kappa shape index (κ3) is 5.94. The normalized spacial score (nSPS) is 11.0. The van der Waals surface area contributed by atoms with Crippen molar-refractivity contribution in [2.75, 3.05) is 23.7 Å². The first-order valence-corrected chi connectivity index (χ1v) is 7.61. The topological polar surface area (TPSA) is 78.9 Å². The standard InChI is InChI=1S/C16H18F3N5O/c1-11-12(6-7-13(23-11)16(17,18)19)24-15(25)22-10-4-9-21-14-5-2-3-8-20-14/h2-3,5-8H,4,9-10H2,1H3,(H,20,21)(H2,22,24,25). The lowest BCUT2D eigenvalue weighted by Crippen LogP contribution is -2.30. The summed E-state index contributed by atoms with van der Waals surface area (Å²) in [6.45, 7) is 2.43. The van der Waals surface area contributed by atoms with Crippen LogP contribution >= 0.6 is 0 Å². The van der Waals surface area contributed by atoms with Gasteiger partial charge in [-0.05, 0) is 37.6 Å². The van der Waals surface area contributed by atoms with Crippen LogP contribution < -0.4 is 16.0 Å². The quantitative estimate of drug-likeness (QED) is 0.695. The number of pyridine rings is 2. The molecule has 3 N–H and O–H groups in total. The lowest BCUT2D eigenvalue weighted by Gasteiger charge is -2.12. The highest BCUT2D eigenvalue weighted by molar-refractivity contribution is 5.89. The summed E-state index contributed by atoms with van der Waals surface area (Å²) in [6, 6.07) is 7.03. The summed E-state index contributed by atoms with van der Waals surface area (Å²) in [6.07, 6.45) is -2.17. The molecule has 2 aromatic heterocycles. The lowest BCUT2D eigenvalue weighted by atomic mass is 10.2. The van der Waals surface area contributed by atoms with Crippen molar-refractivity contribution in [1.29, 1.82) is 0 Å². The maximum atomic E-state index is 12.6. The number of aromatic nitrogens is 2. The van der Waals surface area contributed by atoms with E-state index in [1.54, 1.807) is 6.20 Å². The van der Waals surface area contributed by atoms with Gasteiger partial charge in [-0.1, -0.05) is 6.07 Å². The molecule has 9 heteroatoms. The first-order valence-electron chi connectivity index (χ1n) is 7.61. The maximum absolute atomic E-state index is 12.6. The van der Waals surface area contributed by atoms with E-state index in [0.29, 0.717) is 19.5 Å². The van der Waals surface area contributed by atoms with Crippen molar-refractivity contribution in [3.8, 4) is 0 Å². The Morgan fingerprint density at radius 2 is 1.96 bits per heavy atom. The van der Waals surface area contributed by atoms with Gasteiger partial charge in [0.2, 0.25) is 0 Å². The van der Waals surface area contributed by atoms with Crippen molar-refractivity contribution < 1.29 is 18.0 Å². The highest BCUT2D eigenvalue weighted by Gasteiger charge is 2.32. The number of carbonyl (C=O) groups excluding carboxylic acids is 1. The van der Waals surface area contributed by atoms with Gasteiger partial charge in [-0.2, -0.15) is 13.2 Å². The molecule has 0 aliphatic heterocycles.